The van der Waals surface area contributed by atoms with E-state index in [4.69, 9.17) is 25.5 Å². The van der Waals surface area contributed by atoms with Crippen molar-refractivity contribution in [3.63, 3.8) is 0 Å². The van der Waals surface area contributed by atoms with Gasteiger partial charge in [0.15, 0.2) is 0 Å². The van der Waals surface area contributed by atoms with E-state index in [-0.39, 0.29) is 32.7 Å². The third-order valence-electron chi connectivity index (χ3n) is 5.36. The fraction of sp³-hybridized carbons (Fsp3) is 0.917. The Hall–Kier alpha value is -1.26. The number of hydrogen-bond acceptors (Lipinski definition) is 7. The molecular weight excluding hydrogens is 428 g/mol. The van der Waals surface area contributed by atoms with Crippen molar-refractivity contribution in [2.75, 3.05) is 59.1 Å². The summed E-state index contributed by atoms with van der Waals surface area (Å²) in [4.78, 5) is 25.0. The normalized spacial score (nSPS) is 11.0. The van der Waals surface area contributed by atoms with Gasteiger partial charge < -0.3 is 30.4 Å². The van der Waals surface area contributed by atoms with Gasteiger partial charge in [-0.2, -0.15) is 0 Å². The third-order valence-corrected chi connectivity index (χ3v) is 5.36. The standard InChI is InChI=1S/C18H35NO4.C6H15NO3/c1-2-3-4-5-6-7-8-9-10-11-14-19(15-12-17(20)21)16-13-18(22)23;8-4-1-7(2-5-9)3-6-10/h2-16H2,1H3,(H,20,21)(H,22,23);8-10H,1-6H2. The van der Waals surface area contributed by atoms with Gasteiger partial charge in [0, 0.05) is 32.7 Å². The van der Waals surface area contributed by atoms with E-state index >= 15 is 0 Å². The molecule has 9 nitrogen and oxygen atoms in total. The third kappa shape index (κ3) is 28.7. The molecule has 0 aliphatic heterocycles. The van der Waals surface area contributed by atoms with Crippen molar-refractivity contribution in [1.82, 2.24) is 9.80 Å². The van der Waals surface area contributed by atoms with Crippen LogP contribution in [0.3, 0.4) is 0 Å². The van der Waals surface area contributed by atoms with Gasteiger partial charge >= 0.3 is 11.9 Å². The summed E-state index contributed by atoms with van der Waals surface area (Å²) in [6, 6.07) is 0. The molecule has 0 saturated heterocycles. The molecular formula is C24H50N2O7. The molecule has 33 heavy (non-hydrogen) atoms. The van der Waals surface area contributed by atoms with E-state index in [1.165, 1.54) is 51.4 Å². The van der Waals surface area contributed by atoms with E-state index in [9.17, 15) is 9.59 Å². The van der Waals surface area contributed by atoms with Crippen molar-refractivity contribution in [3.8, 4) is 0 Å². The number of carbonyl (C=O) groups is 2. The number of unbranched alkanes of at least 4 members (excludes halogenated alkanes) is 9. The number of carboxylic acid groups (broad SMARTS) is 2. The lowest BCUT2D eigenvalue weighted by molar-refractivity contribution is -0.137. The molecule has 0 saturated carbocycles. The van der Waals surface area contributed by atoms with Crippen LogP contribution in [0.4, 0.5) is 0 Å². The van der Waals surface area contributed by atoms with Gasteiger partial charge in [-0.25, -0.2) is 0 Å². The predicted octanol–water partition coefficient (Wildman–Crippen LogP) is 2.42. The number of carboxylic acids is 2. The molecule has 0 aromatic carbocycles. The summed E-state index contributed by atoms with van der Waals surface area (Å²) in [6.07, 6.45) is 12.8. The summed E-state index contributed by atoms with van der Waals surface area (Å²) in [6.45, 7) is 5.68. The quantitative estimate of drug-likeness (QED) is 0.140. The van der Waals surface area contributed by atoms with E-state index < -0.39 is 11.9 Å². The first-order valence-electron chi connectivity index (χ1n) is 12.6. The Labute approximate surface area is 200 Å². The maximum atomic E-state index is 10.6. The zero-order valence-corrected chi connectivity index (χ0v) is 20.8. The number of nitrogens with zero attached hydrogens (tertiary/aromatic N) is 2. The Kier molecular flexibility index (Phi) is 27.7. The molecule has 0 fully saturated rings. The van der Waals surface area contributed by atoms with Crippen LogP contribution in [0.2, 0.25) is 0 Å². The Morgan fingerprint density at radius 1 is 0.515 bits per heavy atom. The smallest absolute Gasteiger partial charge is 0.304 e. The molecule has 0 spiro atoms. The summed E-state index contributed by atoms with van der Waals surface area (Å²) >= 11 is 0. The highest BCUT2D eigenvalue weighted by molar-refractivity contribution is 5.67. The van der Waals surface area contributed by atoms with E-state index in [1.807, 2.05) is 4.90 Å². The minimum absolute atomic E-state index is 0.0694. The van der Waals surface area contributed by atoms with Gasteiger partial charge in [-0.1, -0.05) is 64.7 Å². The number of hydrogen-bond donors (Lipinski definition) is 5. The highest BCUT2D eigenvalue weighted by atomic mass is 16.4. The second kappa shape index (κ2) is 27.0. The van der Waals surface area contributed by atoms with Crippen LogP contribution in [0, 0.1) is 0 Å². The van der Waals surface area contributed by atoms with Crippen LogP contribution in [-0.2, 0) is 9.59 Å². The van der Waals surface area contributed by atoms with Crippen molar-refractivity contribution in [3.05, 3.63) is 0 Å². The molecule has 0 amide bonds. The van der Waals surface area contributed by atoms with Crippen LogP contribution in [-0.4, -0.2) is 106 Å². The predicted molar refractivity (Wildman–Crippen MR) is 130 cm³/mol. The van der Waals surface area contributed by atoms with Crippen molar-refractivity contribution in [2.24, 2.45) is 0 Å². The molecule has 0 unspecified atom stereocenters. The molecule has 0 aliphatic carbocycles. The van der Waals surface area contributed by atoms with E-state index in [0.717, 1.165) is 19.4 Å². The summed E-state index contributed by atoms with van der Waals surface area (Å²) in [5.41, 5.74) is 0. The van der Waals surface area contributed by atoms with Gasteiger partial charge in [-0.3, -0.25) is 14.5 Å². The van der Waals surface area contributed by atoms with Crippen LogP contribution < -0.4 is 0 Å². The number of rotatable bonds is 23. The summed E-state index contributed by atoms with van der Waals surface area (Å²) in [7, 11) is 0. The molecule has 9 heteroatoms. The van der Waals surface area contributed by atoms with Crippen molar-refractivity contribution in [1.29, 1.82) is 0 Å². The highest BCUT2D eigenvalue weighted by Gasteiger charge is 2.09. The fourth-order valence-electron chi connectivity index (χ4n) is 3.43. The van der Waals surface area contributed by atoms with Crippen molar-refractivity contribution >= 4 is 11.9 Å². The van der Waals surface area contributed by atoms with E-state index in [2.05, 4.69) is 6.92 Å². The maximum absolute atomic E-state index is 10.6. The molecule has 0 radical (unpaired) electrons. The molecule has 0 aromatic rings. The Bertz CT molecular complexity index is 407. The largest absolute Gasteiger partial charge is 0.481 e. The minimum atomic E-state index is -0.826. The first-order chi connectivity index (χ1) is 15.9. The Balaban J connectivity index is 0. The molecule has 5 N–H and O–H groups in total. The Morgan fingerprint density at radius 3 is 1.18 bits per heavy atom. The first-order valence-corrected chi connectivity index (χ1v) is 12.6. The lowest BCUT2D eigenvalue weighted by Crippen LogP contribution is -2.32. The average molecular weight is 479 g/mol. The lowest BCUT2D eigenvalue weighted by Gasteiger charge is -2.20. The number of aliphatic hydroxyl groups is 3. The zero-order chi connectivity index (χ0) is 25.2. The highest BCUT2D eigenvalue weighted by Crippen LogP contribution is 2.11. The number of aliphatic hydroxyl groups excluding tert-OH is 3. The van der Waals surface area contributed by atoms with Gasteiger partial charge in [0.25, 0.3) is 0 Å². The van der Waals surface area contributed by atoms with Crippen LogP contribution in [0.15, 0.2) is 0 Å². The molecule has 0 aromatic heterocycles. The van der Waals surface area contributed by atoms with Crippen LogP contribution in [0.5, 0.6) is 0 Å². The average Bonchev–Trinajstić information content (AvgIpc) is 2.77. The minimum Gasteiger partial charge on any atom is -0.481 e. The summed E-state index contributed by atoms with van der Waals surface area (Å²) in [5, 5.41) is 42.9. The van der Waals surface area contributed by atoms with Gasteiger partial charge in [0.2, 0.25) is 0 Å². The van der Waals surface area contributed by atoms with Crippen LogP contribution >= 0.6 is 0 Å². The molecule has 0 bridgehead atoms. The van der Waals surface area contributed by atoms with Gasteiger partial charge in [-0.15, -0.1) is 0 Å². The maximum Gasteiger partial charge on any atom is 0.304 e. The molecule has 0 atom stereocenters. The van der Waals surface area contributed by atoms with E-state index in [1.54, 1.807) is 4.90 Å². The van der Waals surface area contributed by atoms with E-state index in [0.29, 0.717) is 32.7 Å². The van der Waals surface area contributed by atoms with Crippen LogP contribution in [0.25, 0.3) is 0 Å². The van der Waals surface area contributed by atoms with Gasteiger partial charge in [0.05, 0.1) is 32.7 Å². The molecule has 0 aliphatic rings. The Morgan fingerprint density at radius 2 is 0.848 bits per heavy atom. The summed E-state index contributed by atoms with van der Waals surface area (Å²) in [5.74, 6) is -1.65. The molecule has 0 rings (SSSR count). The number of aliphatic carboxylic acids is 2. The summed E-state index contributed by atoms with van der Waals surface area (Å²) < 4.78 is 0. The molecule has 0 heterocycles. The van der Waals surface area contributed by atoms with Crippen LogP contribution in [0.1, 0.15) is 84.0 Å². The zero-order valence-electron chi connectivity index (χ0n) is 20.8. The van der Waals surface area contributed by atoms with Gasteiger partial charge in [0.1, 0.15) is 0 Å². The second-order valence-electron chi connectivity index (χ2n) is 8.32. The topological polar surface area (TPSA) is 142 Å². The van der Waals surface area contributed by atoms with Gasteiger partial charge in [-0.05, 0) is 13.0 Å². The lowest BCUT2D eigenvalue weighted by atomic mass is 10.1. The van der Waals surface area contributed by atoms with Crippen molar-refractivity contribution in [2.45, 2.75) is 84.0 Å². The SMILES string of the molecule is CCCCCCCCCCCCN(CCC(=O)O)CCC(=O)O.OCCN(CCO)CCO. The first kappa shape index (κ1) is 33.9. The monoisotopic (exact) mass is 478 g/mol. The van der Waals surface area contributed by atoms with Crippen molar-refractivity contribution < 1.29 is 35.1 Å². The molecule has 198 valence electrons. The fourth-order valence-corrected chi connectivity index (χ4v) is 3.43. The second-order valence-corrected chi connectivity index (χ2v) is 8.32.